The van der Waals surface area contributed by atoms with Gasteiger partial charge in [-0.3, -0.25) is 4.79 Å². The molecule has 0 saturated carbocycles. The summed E-state index contributed by atoms with van der Waals surface area (Å²) in [5.41, 5.74) is 2.02. The van der Waals surface area contributed by atoms with Gasteiger partial charge in [0.2, 0.25) is 0 Å². The molecule has 0 N–H and O–H groups in total. The average molecular weight is 451 g/mol. The molecule has 0 unspecified atom stereocenters. The Morgan fingerprint density at radius 3 is 2.21 bits per heavy atom. The quantitative estimate of drug-likeness (QED) is 0.439. The van der Waals surface area contributed by atoms with E-state index in [0.29, 0.717) is 15.6 Å². The third-order valence-corrected chi connectivity index (χ3v) is 4.31. The zero-order chi connectivity index (χ0) is 14.0. The predicted octanol–water partition coefficient (Wildman–Crippen LogP) is 5.61. The third kappa shape index (κ3) is 3.52. The number of carbonyl (C=O) groups excluding carboxylic acids is 1. The van der Waals surface area contributed by atoms with E-state index >= 15 is 0 Å². The predicted molar refractivity (Wildman–Crippen MR) is 84.6 cm³/mol. The summed E-state index contributed by atoms with van der Waals surface area (Å²) in [6, 6.07) is 11.0. The standard InChI is InChI=1S/C14H8Br3FO/c15-12-7-9(14(16)17)3-6-11(12)13(19)8-1-4-10(18)5-2-8/h1-7,14H. The summed E-state index contributed by atoms with van der Waals surface area (Å²) in [5.74, 6) is -0.494. The summed E-state index contributed by atoms with van der Waals surface area (Å²) < 4.78 is 13.6. The van der Waals surface area contributed by atoms with Gasteiger partial charge in [0.25, 0.3) is 0 Å². The van der Waals surface area contributed by atoms with Crippen LogP contribution < -0.4 is 0 Å². The molecule has 2 aromatic rings. The molecule has 1 nitrogen and oxygen atoms in total. The second-order valence-electron chi connectivity index (χ2n) is 3.88. The van der Waals surface area contributed by atoms with E-state index in [9.17, 15) is 9.18 Å². The molecule has 0 fully saturated rings. The van der Waals surface area contributed by atoms with Crippen LogP contribution in [0, 0.1) is 5.82 Å². The first-order valence-electron chi connectivity index (χ1n) is 5.37. The Labute approximate surface area is 135 Å². The maximum absolute atomic E-state index is 12.8. The van der Waals surface area contributed by atoms with Crippen molar-refractivity contribution in [2.24, 2.45) is 0 Å². The van der Waals surface area contributed by atoms with Gasteiger partial charge in [0.05, 0.1) is 3.74 Å². The van der Waals surface area contributed by atoms with E-state index in [1.807, 2.05) is 12.1 Å². The molecule has 0 bridgehead atoms. The summed E-state index contributed by atoms with van der Waals surface area (Å²) in [6.45, 7) is 0. The van der Waals surface area contributed by atoms with E-state index < -0.39 is 0 Å². The number of hydrogen-bond acceptors (Lipinski definition) is 1. The monoisotopic (exact) mass is 448 g/mol. The highest BCUT2D eigenvalue weighted by Gasteiger charge is 2.14. The Balaban J connectivity index is 2.36. The molecular formula is C14H8Br3FO. The molecule has 0 amide bonds. The Kier molecular flexibility index (Phi) is 4.92. The number of carbonyl (C=O) groups is 1. The van der Waals surface area contributed by atoms with Crippen LogP contribution in [0.1, 0.15) is 25.2 Å². The summed E-state index contributed by atoms with van der Waals surface area (Å²) in [7, 11) is 0. The van der Waals surface area contributed by atoms with E-state index in [0.717, 1.165) is 5.56 Å². The van der Waals surface area contributed by atoms with Crippen LogP contribution >= 0.6 is 47.8 Å². The van der Waals surface area contributed by atoms with Crippen molar-refractivity contribution >= 4 is 53.6 Å². The van der Waals surface area contributed by atoms with Gasteiger partial charge < -0.3 is 0 Å². The lowest BCUT2D eigenvalue weighted by atomic mass is 10.0. The van der Waals surface area contributed by atoms with Gasteiger partial charge in [-0.1, -0.05) is 53.9 Å². The van der Waals surface area contributed by atoms with Gasteiger partial charge >= 0.3 is 0 Å². The minimum absolute atomic E-state index is 0.0336. The maximum atomic E-state index is 12.8. The van der Waals surface area contributed by atoms with Crippen molar-refractivity contribution in [1.29, 1.82) is 0 Å². The zero-order valence-electron chi connectivity index (χ0n) is 9.54. The van der Waals surface area contributed by atoms with Gasteiger partial charge in [0.1, 0.15) is 5.82 Å². The summed E-state index contributed by atoms with van der Waals surface area (Å²) in [6.07, 6.45) is 0. The maximum Gasteiger partial charge on any atom is 0.194 e. The van der Waals surface area contributed by atoms with Crippen LogP contribution in [0.4, 0.5) is 4.39 Å². The summed E-state index contributed by atoms with van der Waals surface area (Å²) in [4.78, 5) is 12.3. The molecule has 0 heterocycles. The molecule has 0 saturated heterocycles. The molecule has 0 spiro atoms. The fraction of sp³-hybridized carbons (Fsp3) is 0.0714. The highest BCUT2D eigenvalue weighted by Crippen LogP contribution is 2.32. The molecule has 0 aliphatic rings. The molecule has 2 aromatic carbocycles. The van der Waals surface area contributed by atoms with Crippen molar-refractivity contribution in [2.75, 3.05) is 0 Å². The van der Waals surface area contributed by atoms with Crippen molar-refractivity contribution in [1.82, 2.24) is 0 Å². The first-order chi connectivity index (χ1) is 8.99. The number of alkyl halides is 2. The van der Waals surface area contributed by atoms with E-state index in [2.05, 4.69) is 47.8 Å². The second kappa shape index (κ2) is 6.29. The highest BCUT2D eigenvalue weighted by molar-refractivity contribution is 9.24. The Morgan fingerprint density at radius 2 is 1.68 bits per heavy atom. The first-order valence-corrected chi connectivity index (χ1v) is 7.99. The van der Waals surface area contributed by atoms with Crippen molar-refractivity contribution in [3.05, 3.63) is 69.4 Å². The number of rotatable bonds is 3. The second-order valence-corrected chi connectivity index (χ2v) is 7.79. The molecule has 0 aliphatic carbocycles. The van der Waals surface area contributed by atoms with Crippen molar-refractivity contribution < 1.29 is 9.18 Å². The van der Waals surface area contributed by atoms with Crippen LogP contribution in [0.25, 0.3) is 0 Å². The van der Waals surface area contributed by atoms with Crippen molar-refractivity contribution in [3.8, 4) is 0 Å². The fourth-order valence-corrected chi connectivity index (χ4v) is 2.75. The van der Waals surface area contributed by atoms with Crippen molar-refractivity contribution in [3.63, 3.8) is 0 Å². The lowest BCUT2D eigenvalue weighted by Crippen LogP contribution is -2.02. The lowest BCUT2D eigenvalue weighted by Gasteiger charge is -2.07. The van der Waals surface area contributed by atoms with Crippen LogP contribution in [-0.2, 0) is 0 Å². The number of ketones is 1. The van der Waals surface area contributed by atoms with Gasteiger partial charge in [0, 0.05) is 15.6 Å². The Morgan fingerprint density at radius 1 is 1.05 bits per heavy atom. The third-order valence-electron chi connectivity index (χ3n) is 2.60. The molecule has 5 heteroatoms. The first kappa shape index (κ1) is 14.9. The number of hydrogen-bond donors (Lipinski definition) is 0. The minimum atomic E-state index is -0.354. The van der Waals surface area contributed by atoms with Gasteiger partial charge in [-0.15, -0.1) is 0 Å². The molecule has 0 radical (unpaired) electrons. The highest BCUT2D eigenvalue weighted by atomic mass is 79.9. The van der Waals surface area contributed by atoms with Gasteiger partial charge in [-0.25, -0.2) is 4.39 Å². The summed E-state index contributed by atoms with van der Waals surface area (Å²) in [5, 5.41) is 0. The van der Waals surface area contributed by atoms with Crippen LogP contribution in [0.3, 0.4) is 0 Å². The van der Waals surface area contributed by atoms with Crippen LogP contribution in [0.2, 0.25) is 0 Å². The van der Waals surface area contributed by atoms with Gasteiger partial charge in [-0.05, 0) is 42.0 Å². The molecule has 0 aliphatic heterocycles. The van der Waals surface area contributed by atoms with Crippen LogP contribution in [-0.4, -0.2) is 5.78 Å². The molecule has 98 valence electrons. The topological polar surface area (TPSA) is 17.1 Å². The zero-order valence-corrected chi connectivity index (χ0v) is 14.3. The SMILES string of the molecule is O=C(c1ccc(F)cc1)c1ccc(C(Br)Br)cc1Br. The van der Waals surface area contributed by atoms with Crippen LogP contribution in [0.5, 0.6) is 0 Å². The Bertz CT molecular complexity index is 609. The Hall–Kier alpha value is -0.520. The van der Waals surface area contributed by atoms with E-state index in [1.165, 1.54) is 24.3 Å². The minimum Gasteiger partial charge on any atom is -0.289 e. The molecule has 0 aromatic heterocycles. The van der Waals surface area contributed by atoms with E-state index in [1.54, 1.807) is 6.07 Å². The lowest BCUT2D eigenvalue weighted by molar-refractivity contribution is 0.103. The normalized spacial score (nSPS) is 10.8. The molecule has 2 rings (SSSR count). The molecular weight excluding hydrogens is 443 g/mol. The number of benzene rings is 2. The molecule has 19 heavy (non-hydrogen) atoms. The van der Waals surface area contributed by atoms with E-state index in [-0.39, 0.29) is 15.3 Å². The fourth-order valence-electron chi connectivity index (χ4n) is 1.61. The van der Waals surface area contributed by atoms with Crippen LogP contribution in [0.15, 0.2) is 46.9 Å². The smallest absolute Gasteiger partial charge is 0.194 e. The van der Waals surface area contributed by atoms with Crippen molar-refractivity contribution in [2.45, 2.75) is 3.74 Å². The van der Waals surface area contributed by atoms with E-state index in [4.69, 9.17) is 0 Å². The summed E-state index contributed by atoms with van der Waals surface area (Å²) >= 11 is 10.2. The van der Waals surface area contributed by atoms with Gasteiger partial charge in [0.15, 0.2) is 5.78 Å². The largest absolute Gasteiger partial charge is 0.289 e. The number of halogens is 4. The molecule has 0 atom stereocenters. The average Bonchev–Trinajstić information content (AvgIpc) is 2.38. The van der Waals surface area contributed by atoms with Gasteiger partial charge in [-0.2, -0.15) is 0 Å².